The van der Waals surface area contributed by atoms with Crippen LogP contribution < -0.4 is 4.74 Å². The molecule has 0 aliphatic heterocycles. The SMILES string of the molecule is CCCCC1=CCC2C3CCc4cc(OC)ccc4C3CC[C@]12C. The number of ether oxygens (including phenoxy) is 1. The number of allylic oxidation sites excluding steroid dienone is 2. The molecule has 130 valence electrons. The molecular formula is C23H32O. The summed E-state index contributed by atoms with van der Waals surface area (Å²) in [4.78, 5) is 0. The molecule has 24 heavy (non-hydrogen) atoms. The van der Waals surface area contributed by atoms with E-state index < -0.39 is 0 Å². The Bertz CT molecular complexity index is 643. The zero-order valence-electron chi connectivity index (χ0n) is 15.6. The summed E-state index contributed by atoms with van der Waals surface area (Å²) in [5, 5.41) is 0. The lowest BCUT2D eigenvalue weighted by atomic mass is 9.54. The minimum Gasteiger partial charge on any atom is -0.497 e. The molecule has 4 rings (SSSR count). The number of hydrogen-bond acceptors (Lipinski definition) is 1. The van der Waals surface area contributed by atoms with Crippen molar-refractivity contribution in [2.75, 3.05) is 7.11 Å². The molecule has 1 aromatic rings. The van der Waals surface area contributed by atoms with Crippen LogP contribution in [0.25, 0.3) is 0 Å². The topological polar surface area (TPSA) is 9.23 Å². The van der Waals surface area contributed by atoms with Crippen LogP contribution in [0, 0.1) is 17.3 Å². The van der Waals surface area contributed by atoms with Crippen LogP contribution in [0.2, 0.25) is 0 Å². The Balaban J connectivity index is 1.59. The molecule has 0 N–H and O–H groups in total. The molecule has 3 aliphatic rings. The Morgan fingerprint density at radius 2 is 2.12 bits per heavy atom. The van der Waals surface area contributed by atoms with Gasteiger partial charge in [-0.3, -0.25) is 0 Å². The third-order valence-corrected chi connectivity index (χ3v) is 7.47. The smallest absolute Gasteiger partial charge is 0.119 e. The van der Waals surface area contributed by atoms with Crippen LogP contribution in [0.5, 0.6) is 5.75 Å². The lowest BCUT2D eigenvalue weighted by Gasteiger charge is -2.50. The number of hydrogen-bond donors (Lipinski definition) is 0. The fraction of sp³-hybridized carbons (Fsp3) is 0.652. The quantitative estimate of drug-likeness (QED) is 0.592. The molecule has 0 amide bonds. The van der Waals surface area contributed by atoms with Gasteiger partial charge in [0.2, 0.25) is 0 Å². The average molecular weight is 325 g/mol. The van der Waals surface area contributed by atoms with E-state index in [1.807, 2.05) is 0 Å². The lowest BCUT2D eigenvalue weighted by molar-refractivity contribution is 0.0729. The molecule has 3 aliphatic carbocycles. The fourth-order valence-corrected chi connectivity index (χ4v) is 6.10. The predicted octanol–water partition coefficient (Wildman–Crippen LogP) is 6.28. The van der Waals surface area contributed by atoms with E-state index in [9.17, 15) is 0 Å². The Kier molecular flexibility index (Phi) is 4.22. The standard InChI is InChI=1S/C23H32O/c1-4-5-6-17-8-12-22-21-10-7-16-15-18(24-3)9-11-19(16)20(21)13-14-23(17,22)2/h8-9,11,15,20-22H,4-7,10,12-14H2,1-3H3/t20?,21?,22?,23-/m1/s1. The maximum Gasteiger partial charge on any atom is 0.119 e. The van der Waals surface area contributed by atoms with Crippen LogP contribution in [-0.4, -0.2) is 7.11 Å². The van der Waals surface area contributed by atoms with Gasteiger partial charge in [-0.1, -0.05) is 38.0 Å². The van der Waals surface area contributed by atoms with Crippen LogP contribution >= 0.6 is 0 Å². The first-order chi connectivity index (χ1) is 11.7. The Hall–Kier alpha value is -1.24. The summed E-state index contributed by atoms with van der Waals surface area (Å²) >= 11 is 0. The first kappa shape index (κ1) is 16.2. The normalized spacial score (nSPS) is 34.1. The third kappa shape index (κ3) is 2.43. The van der Waals surface area contributed by atoms with E-state index in [2.05, 4.69) is 38.1 Å². The summed E-state index contributed by atoms with van der Waals surface area (Å²) in [5.74, 6) is 3.59. The number of methoxy groups -OCH3 is 1. The summed E-state index contributed by atoms with van der Waals surface area (Å²) in [6.07, 6.45) is 13.4. The highest BCUT2D eigenvalue weighted by atomic mass is 16.5. The van der Waals surface area contributed by atoms with Gasteiger partial charge in [0.15, 0.2) is 0 Å². The molecule has 1 saturated carbocycles. The largest absolute Gasteiger partial charge is 0.497 e. The van der Waals surface area contributed by atoms with Crippen molar-refractivity contribution in [2.24, 2.45) is 17.3 Å². The van der Waals surface area contributed by atoms with E-state index in [0.717, 1.165) is 23.5 Å². The fourth-order valence-electron chi connectivity index (χ4n) is 6.10. The highest BCUT2D eigenvalue weighted by molar-refractivity contribution is 5.41. The highest BCUT2D eigenvalue weighted by Crippen LogP contribution is 2.61. The maximum atomic E-state index is 5.44. The zero-order valence-corrected chi connectivity index (χ0v) is 15.6. The molecule has 0 spiro atoms. The molecule has 0 aromatic heterocycles. The molecular weight excluding hydrogens is 292 g/mol. The van der Waals surface area contributed by atoms with Gasteiger partial charge in [-0.25, -0.2) is 0 Å². The van der Waals surface area contributed by atoms with Gasteiger partial charge in [0.05, 0.1) is 7.11 Å². The molecule has 3 unspecified atom stereocenters. The van der Waals surface area contributed by atoms with Gasteiger partial charge in [-0.05, 0) is 91.4 Å². The van der Waals surface area contributed by atoms with Gasteiger partial charge in [0, 0.05) is 0 Å². The summed E-state index contributed by atoms with van der Waals surface area (Å²) < 4.78 is 5.44. The second-order valence-corrected chi connectivity index (χ2v) is 8.51. The molecule has 0 bridgehead atoms. The van der Waals surface area contributed by atoms with Crippen molar-refractivity contribution in [2.45, 2.75) is 71.1 Å². The second-order valence-electron chi connectivity index (χ2n) is 8.51. The van der Waals surface area contributed by atoms with E-state index in [1.54, 1.807) is 23.8 Å². The van der Waals surface area contributed by atoms with Crippen molar-refractivity contribution in [3.05, 3.63) is 41.0 Å². The van der Waals surface area contributed by atoms with Gasteiger partial charge in [-0.2, -0.15) is 0 Å². The lowest BCUT2D eigenvalue weighted by Crippen LogP contribution is -2.41. The second kappa shape index (κ2) is 6.24. The van der Waals surface area contributed by atoms with Crippen LogP contribution in [0.15, 0.2) is 29.8 Å². The monoisotopic (exact) mass is 324 g/mol. The molecule has 1 fully saturated rings. The number of aryl methyl sites for hydroxylation is 1. The van der Waals surface area contributed by atoms with Crippen molar-refractivity contribution < 1.29 is 4.74 Å². The first-order valence-electron chi connectivity index (χ1n) is 10.0. The molecule has 1 nitrogen and oxygen atoms in total. The summed E-state index contributed by atoms with van der Waals surface area (Å²) in [6, 6.07) is 6.83. The van der Waals surface area contributed by atoms with E-state index in [4.69, 9.17) is 4.74 Å². The number of rotatable bonds is 4. The Morgan fingerprint density at radius 1 is 1.25 bits per heavy atom. The van der Waals surface area contributed by atoms with E-state index in [0.29, 0.717) is 5.41 Å². The van der Waals surface area contributed by atoms with Crippen molar-refractivity contribution in [3.8, 4) is 5.75 Å². The van der Waals surface area contributed by atoms with Crippen LogP contribution in [0.1, 0.15) is 75.8 Å². The molecule has 0 radical (unpaired) electrons. The molecule has 1 aromatic carbocycles. The van der Waals surface area contributed by atoms with Crippen LogP contribution in [0.3, 0.4) is 0 Å². The van der Waals surface area contributed by atoms with Gasteiger partial charge >= 0.3 is 0 Å². The summed E-state index contributed by atoms with van der Waals surface area (Å²) in [6.45, 7) is 4.91. The number of unbranched alkanes of at least 4 members (excludes halogenated alkanes) is 1. The van der Waals surface area contributed by atoms with Gasteiger partial charge in [0.1, 0.15) is 5.75 Å². The van der Waals surface area contributed by atoms with Crippen LogP contribution in [0.4, 0.5) is 0 Å². The Labute approximate surface area is 147 Å². The zero-order chi connectivity index (χ0) is 16.7. The van der Waals surface area contributed by atoms with Crippen molar-refractivity contribution in [3.63, 3.8) is 0 Å². The van der Waals surface area contributed by atoms with E-state index >= 15 is 0 Å². The summed E-state index contributed by atoms with van der Waals surface area (Å²) in [5.41, 5.74) is 5.49. The average Bonchev–Trinajstić information content (AvgIpc) is 2.95. The van der Waals surface area contributed by atoms with E-state index in [-0.39, 0.29) is 0 Å². The molecule has 0 heterocycles. The number of fused-ring (bicyclic) bond motifs is 5. The first-order valence-corrected chi connectivity index (χ1v) is 10.0. The molecule has 4 atom stereocenters. The van der Waals surface area contributed by atoms with Gasteiger partial charge in [0.25, 0.3) is 0 Å². The van der Waals surface area contributed by atoms with Crippen LogP contribution in [-0.2, 0) is 6.42 Å². The van der Waals surface area contributed by atoms with Crippen molar-refractivity contribution in [1.82, 2.24) is 0 Å². The predicted molar refractivity (Wildman–Crippen MR) is 101 cm³/mol. The molecule has 1 heteroatoms. The molecule has 0 saturated heterocycles. The number of benzene rings is 1. The van der Waals surface area contributed by atoms with Gasteiger partial charge in [-0.15, -0.1) is 0 Å². The Morgan fingerprint density at radius 3 is 2.92 bits per heavy atom. The summed E-state index contributed by atoms with van der Waals surface area (Å²) in [7, 11) is 1.78. The highest BCUT2D eigenvalue weighted by Gasteiger charge is 2.51. The van der Waals surface area contributed by atoms with Crippen molar-refractivity contribution >= 4 is 0 Å². The third-order valence-electron chi connectivity index (χ3n) is 7.47. The minimum absolute atomic E-state index is 0.500. The van der Waals surface area contributed by atoms with Gasteiger partial charge < -0.3 is 4.74 Å². The maximum absolute atomic E-state index is 5.44. The minimum atomic E-state index is 0.500. The van der Waals surface area contributed by atoms with E-state index in [1.165, 1.54) is 51.4 Å². The van der Waals surface area contributed by atoms with Crippen molar-refractivity contribution in [1.29, 1.82) is 0 Å².